The topological polar surface area (TPSA) is 35.5 Å². The molecule has 0 aliphatic carbocycles. The molecule has 0 radical (unpaired) electrons. The number of esters is 1. The zero-order valence-corrected chi connectivity index (χ0v) is 21.4. The molecule has 0 fully saturated rings. The minimum absolute atomic E-state index is 0.261. The van der Waals surface area contributed by atoms with Crippen molar-refractivity contribution in [2.24, 2.45) is 0 Å². The van der Waals surface area contributed by atoms with Crippen molar-refractivity contribution in [3.05, 3.63) is 167 Å². The third kappa shape index (κ3) is 5.23. The second-order valence-electron chi connectivity index (χ2n) is 9.14. The van der Waals surface area contributed by atoms with E-state index in [-0.39, 0.29) is 5.97 Å². The second kappa shape index (κ2) is 11.6. The van der Waals surface area contributed by atoms with Crippen LogP contribution in [0.15, 0.2) is 140 Å². The van der Waals surface area contributed by atoms with Gasteiger partial charge in [0, 0.05) is 6.42 Å². The smallest absolute Gasteiger partial charge is 0.310 e. The van der Waals surface area contributed by atoms with Crippen LogP contribution in [0.2, 0.25) is 0 Å². The van der Waals surface area contributed by atoms with Gasteiger partial charge in [0.1, 0.15) is 18.1 Å². The van der Waals surface area contributed by atoms with E-state index in [1.807, 2.05) is 60.7 Å². The lowest BCUT2D eigenvalue weighted by molar-refractivity contribution is -0.134. The summed E-state index contributed by atoms with van der Waals surface area (Å²) in [6.07, 6.45) is 0.313. The van der Waals surface area contributed by atoms with Crippen molar-refractivity contribution in [1.82, 2.24) is 0 Å². The minimum Gasteiger partial charge on any atom is -0.489 e. The average Bonchev–Trinajstić information content (AvgIpc) is 2.99. The van der Waals surface area contributed by atoms with Crippen LogP contribution in [0.1, 0.15) is 41.2 Å². The van der Waals surface area contributed by atoms with Crippen molar-refractivity contribution in [2.45, 2.75) is 25.4 Å². The lowest BCUT2D eigenvalue weighted by Gasteiger charge is -2.37. The van der Waals surface area contributed by atoms with Gasteiger partial charge in [0.15, 0.2) is 0 Å². The van der Waals surface area contributed by atoms with Crippen molar-refractivity contribution >= 4 is 5.97 Å². The van der Waals surface area contributed by atoms with Gasteiger partial charge in [-0.15, -0.1) is 0 Å². The number of ether oxygens (including phenoxy) is 2. The van der Waals surface area contributed by atoms with Crippen LogP contribution < -0.4 is 9.47 Å². The Labute approximate surface area is 224 Å². The third-order valence-corrected chi connectivity index (χ3v) is 6.72. The first-order valence-electron chi connectivity index (χ1n) is 12.9. The number of hydrogen-bond donors (Lipinski definition) is 0. The van der Waals surface area contributed by atoms with Crippen LogP contribution in [-0.4, -0.2) is 5.97 Å². The van der Waals surface area contributed by atoms with Crippen molar-refractivity contribution < 1.29 is 14.3 Å². The maximum atomic E-state index is 12.1. The van der Waals surface area contributed by atoms with Gasteiger partial charge in [0.05, 0.1) is 5.41 Å². The molecule has 5 aromatic rings. The van der Waals surface area contributed by atoms with Gasteiger partial charge in [-0.05, 0) is 52.1 Å². The molecule has 5 aromatic carbocycles. The predicted octanol–water partition coefficient (Wildman–Crippen LogP) is 7.96. The molecule has 5 rings (SSSR count). The van der Waals surface area contributed by atoms with Gasteiger partial charge >= 0.3 is 5.97 Å². The van der Waals surface area contributed by atoms with Crippen molar-refractivity contribution in [3.8, 4) is 11.5 Å². The predicted molar refractivity (Wildman–Crippen MR) is 151 cm³/mol. The largest absolute Gasteiger partial charge is 0.489 e. The first-order valence-corrected chi connectivity index (χ1v) is 12.9. The summed E-state index contributed by atoms with van der Waals surface area (Å²) in [5.74, 6) is 1.06. The van der Waals surface area contributed by atoms with Crippen LogP contribution in [-0.2, 0) is 16.8 Å². The molecule has 0 unspecified atom stereocenters. The Hall–Kier alpha value is -4.63. The van der Waals surface area contributed by atoms with Crippen LogP contribution in [0.25, 0.3) is 0 Å². The fraction of sp³-hybridized carbons (Fsp3) is 0.114. The van der Waals surface area contributed by atoms with E-state index >= 15 is 0 Å². The zero-order valence-electron chi connectivity index (χ0n) is 21.4. The Morgan fingerprint density at radius 1 is 0.579 bits per heavy atom. The fourth-order valence-electron chi connectivity index (χ4n) is 4.93. The molecule has 0 atom stereocenters. The Morgan fingerprint density at radius 2 is 1.05 bits per heavy atom. The van der Waals surface area contributed by atoms with Crippen LogP contribution in [0.3, 0.4) is 0 Å². The van der Waals surface area contributed by atoms with Crippen molar-refractivity contribution in [2.75, 3.05) is 0 Å². The summed E-state index contributed by atoms with van der Waals surface area (Å²) in [4.78, 5) is 12.1. The van der Waals surface area contributed by atoms with Crippen molar-refractivity contribution in [3.63, 3.8) is 0 Å². The monoisotopic (exact) mass is 498 g/mol. The fourth-order valence-corrected chi connectivity index (χ4v) is 4.93. The number of rotatable bonds is 9. The molecule has 188 valence electrons. The van der Waals surface area contributed by atoms with E-state index in [4.69, 9.17) is 9.47 Å². The van der Waals surface area contributed by atoms with E-state index in [9.17, 15) is 4.79 Å². The molecular formula is C35H30O3. The summed E-state index contributed by atoms with van der Waals surface area (Å²) >= 11 is 0. The highest BCUT2D eigenvalue weighted by Crippen LogP contribution is 2.46. The normalized spacial score (nSPS) is 11.1. The minimum atomic E-state index is -0.677. The molecule has 38 heavy (non-hydrogen) atoms. The van der Waals surface area contributed by atoms with Gasteiger partial charge in [-0.3, -0.25) is 4.79 Å². The molecule has 0 aliphatic rings. The lowest BCUT2D eigenvalue weighted by atomic mass is 9.65. The van der Waals surface area contributed by atoms with E-state index < -0.39 is 5.41 Å². The molecule has 3 nitrogen and oxygen atoms in total. The van der Waals surface area contributed by atoms with Crippen LogP contribution in [0, 0.1) is 0 Å². The molecule has 0 aromatic heterocycles. The zero-order chi connectivity index (χ0) is 26.2. The standard InChI is InChI=1S/C35H30O3/c1-2-34(36)38-33-23-13-21-31(25-33)35(28-16-8-4-9-17-28,29-18-10-5-11-19-29)30-20-12-22-32(24-30)37-26-27-14-6-3-7-15-27/h3-25H,2,26H2,1H3. The molecule has 0 N–H and O–H groups in total. The van der Waals surface area contributed by atoms with Crippen LogP contribution >= 0.6 is 0 Å². The van der Waals surface area contributed by atoms with Gasteiger partial charge in [-0.1, -0.05) is 122 Å². The maximum absolute atomic E-state index is 12.1. The molecule has 0 bridgehead atoms. The van der Waals surface area contributed by atoms with Crippen molar-refractivity contribution in [1.29, 1.82) is 0 Å². The van der Waals surface area contributed by atoms with E-state index in [0.717, 1.165) is 33.6 Å². The highest BCUT2D eigenvalue weighted by atomic mass is 16.5. The number of hydrogen-bond acceptors (Lipinski definition) is 3. The highest BCUT2D eigenvalue weighted by molar-refractivity contribution is 5.72. The average molecular weight is 499 g/mol. The summed E-state index contributed by atoms with van der Waals surface area (Å²) in [6.45, 7) is 2.28. The van der Waals surface area contributed by atoms with Gasteiger partial charge in [0.2, 0.25) is 0 Å². The summed E-state index contributed by atoms with van der Waals surface area (Å²) in [5.41, 5.74) is 4.69. The summed E-state index contributed by atoms with van der Waals surface area (Å²) in [5, 5.41) is 0. The molecule has 0 amide bonds. The number of carbonyl (C=O) groups excluding carboxylic acids is 1. The molecule has 0 saturated carbocycles. The maximum Gasteiger partial charge on any atom is 0.310 e. The Morgan fingerprint density at radius 3 is 1.61 bits per heavy atom. The molecule has 0 spiro atoms. The molecular weight excluding hydrogens is 468 g/mol. The summed E-state index contributed by atoms with van der Waals surface area (Å²) in [7, 11) is 0. The first-order chi connectivity index (χ1) is 18.7. The van der Waals surface area contributed by atoms with Gasteiger partial charge in [-0.25, -0.2) is 0 Å². The Kier molecular flexibility index (Phi) is 7.65. The van der Waals surface area contributed by atoms with Gasteiger partial charge in [0.25, 0.3) is 0 Å². The summed E-state index contributed by atoms with van der Waals surface area (Å²) in [6, 6.07) is 47.2. The molecule has 0 heterocycles. The van der Waals surface area contributed by atoms with Crippen LogP contribution in [0.4, 0.5) is 0 Å². The molecule has 3 heteroatoms. The molecule has 0 aliphatic heterocycles. The SMILES string of the molecule is CCC(=O)Oc1cccc(C(c2ccccc2)(c2ccccc2)c2cccc(OCc3ccccc3)c2)c1. The Balaban J connectivity index is 1.70. The summed E-state index contributed by atoms with van der Waals surface area (Å²) < 4.78 is 11.9. The third-order valence-electron chi connectivity index (χ3n) is 6.72. The Bertz CT molecular complexity index is 1440. The number of carbonyl (C=O) groups is 1. The van der Waals surface area contributed by atoms with E-state index in [1.54, 1.807) is 6.92 Å². The number of benzene rings is 5. The van der Waals surface area contributed by atoms with E-state index in [0.29, 0.717) is 18.8 Å². The quantitative estimate of drug-likeness (QED) is 0.117. The van der Waals surface area contributed by atoms with Gasteiger partial charge in [-0.2, -0.15) is 0 Å². The first kappa shape index (κ1) is 25.0. The van der Waals surface area contributed by atoms with E-state index in [2.05, 4.69) is 78.9 Å². The highest BCUT2D eigenvalue weighted by Gasteiger charge is 2.39. The lowest BCUT2D eigenvalue weighted by Crippen LogP contribution is -2.31. The van der Waals surface area contributed by atoms with Crippen LogP contribution in [0.5, 0.6) is 11.5 Å². The van der Waals surface area contributed by atoms with Gasteiger partial charge < -0.3 is 9.47 Å². The molecule has 0 saturated heterocycles. The second-order valence-corrected chi connectivity index (χ2v) is 9.14. The van der Waals surface area contributed by atoms with E-state index in [1.165, 1.54) is 0 Å².